The normalized spacial score (nSPS) is 14.3. The molecule has 10 heteroatoms. The van der Waals surface area contributed by atoms with Crippen molar-refractivity contribution < 1.29 is 8.42 Å². The minimum Gasteiger partial charge on any atom is -0.272 e. The Kier molecular flexibility index (Phi) is 5.28. The van der Waals surface area contributed by atoms with Crippen LogP contribution in [0.1, 0.15) is 24.4 Å². The van der Waals surface area contributed by atoms with Crippen LogP contribution in [0.3, 0.4) is 0 Å². The summed E-state index contributed by atoms with van der Waals surface area (Å²) in [7, 11) is -3.75. The van der Waals surface area contributed by atoms with Gasteiger partial charge in [0.15, 0.2) is 5.82 Å². The molecule has 0 aliphatic heterocycles. The molecular weight excluding hydrogens is 414 g/mol. The van der Waals surface area contributed by atoms with Gasteiger partial charge in [0.25, 0.3) is 0 Å². The van der Waals surface area contributed by atoms with Crippen LogP contribution in [0.5, 0.6) is 0 Å². The second-order valence-electron chi connectivity index (χ2n) is 6.98. The summed E-state index contributed by atoms with van der Waals surface area (Å²) in [5, 5.41) is 4.78. The number of benzene rings is 1. The standard InChI is InChI=1S/C19H20ClN5O3S/c1-13-4-5-15(20)11-17(13)29(27,28)22-9-10-24-19(26)25(16-6-7-16)18(23-24)14-3-2-8-21-12-14/h2-5,8,11-12,16,22H,6-7,9-10H2,1H3. The van der Waals surface area contributed by atoms with Gasteiger partial charge < -0.3 is 0 Å². The van der Waals surface area contributed by atoms with Gasteiger partial charge in [-0.25, -0.2) is 22.6 Å². The van der Waals surface area contributed by atoms with Crippen molar-refractivity contribution >= 4 is 21.6 Å². The lowest BCUT2D eigenvalue weighted by atomic mass is 10.2. The number of nitrogens with zero attached hydrogens (tertiary/aromatic N) is 4. The Hall–Kier alpha value is -2.49. The summed E-state index contributed by atoms with van der Waals surface area (Å²) in [6.07, 6.45) is 5.18. The maximum Gasteiger partial charge on any atom is 0.346 e. The first-order valence-corrected chi connectivity index (χ1v) is 11.1. The van der Waals surface area contributed by atoms with Crippen molar-refractivity contribution in [1.82, 2.24) is 24.1 Å². The van der Waals surface area contributed by atoms with Crippen LogP contribution in [0.25, 0.3) is 11.4 Å². The third-order valence-electron chi connectivity index (χ3n) is 4.76. The van der Waals surface area contributed by atoms with Crippen LogP contribution in [0.15, 0.2) is 52.4 Å². The summed E-state index contributed by atoms with van der Waals surface area (Å²) in [6, 6.07) is 8.48. The van der Waals surface area contributed by atoms with E-state index in [-0.39, 0.29) is 29.7 Å². The van der Waals surface area contributed by atoms with Crippen molar-refractivity contribution in [3.8, 4) is 11.4 Å². The molecule has 0 spiro atoms. The first kappa shape index (κ1) is 19.8. The molecule has 1 aliphatic carbocycles. The summed E-state index contributed by atoms with van der Waals surface area (Å²) in [5.74, 6) is 0.555. The molecule has 1 aromatic carbocycles. The Morgan fingerprint density at radius 3 is 2.76 bits per heavy atom. The van der Waals surface area contributed by atoms with Gasteiger partial charge >= 0.3 is 5.69 Å². The molecule has 8 nitrogen and oxygen atoms in total. The topological polar surface area (TPSA) is 98.9 Å². The van der Waals surface area contributed by atoms with Crippen molar-refractivity contribution in [3.63, 3.8) is 0 Å². The second-order valence-corrected chi connectivity index (χ2v) is 9.15. The first-order valence-electron chi connectivity index (χ1n) is 9.22. The molecule has 1 saturated carbocycles. The summed E-state index contributed by atoms with van der Waals surface area (Å²) in [5.41, 5.74) is 1.10. The van der Waals surface area contributed by atoms with Gasteiger partial charge in [0, 0.05) is 35.6 Å². The molecule has 0 unspecified atom stereocenters. The quantitative estimate of drug-likeness (QED) is 0.616. The lowest BCUT2D eigenvalue weighted by molar-refractivity contribution is 0.546. The molecule has 152 valence electrons. The van der Waals surface area contributed by atoms with Crippen molar-refractivity contribution in [2.75, 3.05) is 6.54 Å². The number of halogens is 1. The molecular formula is C19H20ClN5O3S. The second kappa shape index (κ2) is 7.74. The predicted octanol–water partition coefficient (Wildman–Crippen LogP) is 2.38. The number of aromatic nitrogens is 4. The molecule has 0 radical (unpaired) electrons. The molecule has 4 rings (SSSR count). The lowest BCUT2D eigenvalue weighted by Crippen LogP contribution is -2.32. The lowest BCUT2D eigenvalue weighted by Gasteiger charge is -2.09. The number of sulfonamides is 1. The van der Waals surface area contributed by atoms with E-state index in [9.17, 15) is 13.2 Å². The minimum absolute atomic E-state index is 0.0301. The van der Waals surface area contributed by atoms with Crippen molar-refractivity contribution in [3.05, 3.63) is 63.8 Å². The van der Waals surface area contributed by atoms with Crippen molar-refractivity contribution in [2.24, 2.45) is 0 Å². The van der Waals surface area contributed by atoms with Crippen LogP contribution in [0.2, 0.25) is 5.02 Å². The van der Waals surface area contributed by atoms with E-state index < -0.39 is 10.0 Å². The smallest absolute Gasteiger partial charge is 0.272 e. The van der Waals surface area contributed by atoms with Gasteiger partial charge in [-0.15, -0.1) is 5.10 Å². The van der Waals surface area contributed by atoms with Crippen LogP contribution in [0.4, 0.5) is 0 Å². The molecule has 0 saturated heterocycles. The first-order chi connectivity index (χ1) is 13.9. The van der Waals surface area contributed by atoms with E-state index in [4.69, 9.17) is 11.6 Å². The molecule has 3 aromatic rings. The minimum atomic E-state index is -3.75. The highest BCUT2D eigenvalue weighted by atomic mass is 35.5. The Balaban J connectivity index is 1.55. The monoisotopic (exact) mass is 433 g/mol. The number of nitrogens with one attached hydrogen (secondary N) is 1. The molecule has 2 aromatic heterocycles. The molecule has 2 heterocycles. The summed E-state index contributed by atoms with van der Waals surface area (Å²) in [6.45, 7) is 1.85. The van der Waals surface area contributed by atoms with Gasteiger partial charge in [0.1, 0.15) is 0 Å². The van der Waals surface area contributed by atoms with Crippen LogP contribution in [-0.2, 0) is 16.6 Å². The van der Waals surface area contributed by atoms with Crippen molar-refractivity contribution in [1.29, 1.82) is 0 Å². The van der Waals surface area contributed by atoms with E-state index in [0.29, 0.717) is 16.4 Å². The zero-order valence-corrected chi connectivity index (χ0v) is 17.3. The highest BCUT2D eigenvalue weighted by Crippen LogP contribution is 2.36. The maximum atomic E-state index is 12.8. The van der Waals surface area contributed by atoms with E-state index in [1.54, 1.807) is 42.1 Å². The van der Waals surface area contributed by atoms with Gasteiger partial charge in [0.05, 0.1) is 11.4 Å². The van der Waals surface area contributed by atoms with E-state index in [0.717, 1.165) is 18.4 Å². The zero-order chi connectivity index (χ0) is 20.6. The summed E-state index contributed by atoms with van der Waals surface area (Å²) in [4.78, 5) is 17.0. The zero-order valence-electron chi connectivity index (χ0n) is 15.7. The van der Waals surface area contributed by atoms with Gasteiger partial charge in [0.2, 0.25) is 10.0 Å². The van der Waals surface area contributed by atoms with E-state index in [1.807, 2.05) is 6.07 Å². The number of pyridine rings is 1. The Morgan fingerprint density at radius 2 is 2.07 bits per heavy atom. The van der Waals surface area contributed by atoms with Crippen LogP contribution in [-0.4, -0.2) is 34.3 Å². The largest absolute Gasteiger partial charge is 0.346 e. The maximum absolute atomic E-state index is 12.8. The number of hydrogen-bond acceptors (Lipinski definition) is 5. The van der Waals surface area contributed by atoms with E-state index in [2.05, 4.69) is 14.8 Å². The Bertz CT molecular complexity index is 1200. The molecule has 0 amide bonds. The highest BCUT2D eigenvalue weighted by Gasteiger charge is 2.30. The van der Waals surface area contributed by atoms with Gasteiger partial charge in [-0.1, -0.05) is 17.7 Å². The number of rotatable bonds is 7. The van der Waals surface area contributed by atoms with Crippen LogP contribution in [0, 0.1) is 6.92 Å². The van der Waals surface area contributed by atoms with Crippen LogP contribution >= 0.6 is 11.6 Å². The van der Waals surface area contributed by atoms with Gasteiger partial charge in [-0.3, -0.25) is 9.55 Å². The Morgan fingerprint density at radius 1 is 1.28 bits per heavy atom. The molecule has 1 fully saturated rings. The Labute approximate surface area is 173 Å². The van der Waals surface area contributed by atoms with Crippen molar-refractivity contribution in [2.45, 2.75) is 37.2 Å². The molecule has 0 bridgehead atoms. The fourth-order valence-electron chi connectivity index (χ4n) is 3.15. The third kappa shape index (κ3) is 4.12. The van der Waals surface area contributed by atoms with E-state index >= 15 is 0 Å². The molecule has 0 atom stereocenters. The summed E-state index contributed by atoms with van der Waals surface area (Å²) >= 11 is 5.93. The fourth-order valence-corrected chi connectivity index (χ4v) is 4.67. The number of hydrogen-bond donors (Lipinski definition) is 1. The number of aryl methyl sites for hydroxylation is 1. The third-order valence-corrected chi connectivity index (χ3v) is 6.60. The van der Waals surface area contributed by atoms with Gasteiger partial charge in [-0.05, 0) is 49.6 Å². The molecule has 1 N–H and O–H groups in total. The average molecular weight is 434 g/mol. The molecule has 29 heavy (non-hydrogen) atoms. The SMILES string of the molecule is Cc1ccc(Cl)cc1S(=O)(=O)NCCn1nc(-c2cccnc2)n(C2CC2)c1=O. The van der Waals surface area contributed by atoms with Crippen LogP contribution < -0.4 is 10.4 Å². The summed E-state index contributed by atoms with van der Waals surface area (Å²) < 4.78 is 30.7. The average Bonchev–Trinajstić information content (AvgIpc) is 3.48. The highest BCUT2D eigenvalue weighted by molar-refractivity contribution is 7.89. The fraction of sp³-hybridized carbons (Fsp3) is 0.316. The van der Waals surface area contributed by atoms with Gasteiger partial charge in [-0.2, -0.15) is 0 Å². The predicted molar refractivity (Wildman–Crippen MR) is 109 cm³/mol. The molecule has 1 aliphatic rings. The van der Waals surface area contributed by atoms with E-state index in [1.165, 1.54) is 10.7 Å².